The molecule has 1 aliphatic carbocycles. The number of carbonyl (C=O) groups excluding carboxylic acids is 1. The highest BCUT2D eigenvalue weighted by molar-refractivity contribution is 7.10. The summed E-state index contributed by atoms with van der Waals surface area (Å²) in [4.78, 5) is 17.9. The van der Waals surface area contributed by atoms with Crippen LogP contribution in [-0.2, 0) is 0 Å². The van der Waals surface area contributed by atoms with Crippen LogP contribution in [0.5, 0.6) is 0 Å². The minimum Gasteiger partial charge on any atom is -0.330 e. The Labute approximate surface area is 156 Å². The van der Waals surface area contributed by atoms with Gasteiger partial charge < -0.3 is 10.6 Å². The van der Waals surface area contributed by atoms with Crippen LogP contribution in [0.15, 0.2) is 54.4 Å². The third-order valence-corrected chi connectivity index (χ3v) is 5.78. The van der Waals surface area contributed by atoms with Crippen LogP contribution in [0.1, 0.15) is 36.6 Å². The van der Waals surface area contributed by atoms with Gasteiger partial charge in [0.05, 0.1) is 17.4 Å². The summed E-state index contributed by atoms with van der Waals surface area (Å²) in [5, 5.41) is 12.4. The molecule has 3 aromatic rings. The minimum atomic E-state index is -0.192. The van der Waals surface area contributed by atoms with Gasteiger partial charge in [0.1, 0.15) is 12.7 Å². The Bertz CT molecular complexity index is 841. The molecule has 0 spiro atoms. The topological polar surface area (TPSA) is 71.8 Å². The summed E-state index contributed by atoms with van der Waals surface area (Å²) < 4.78 is 1.64. The van der Waals surface area contributed by atoms with Crippen LogP contribution in [0.2, 0.25) is 0 Å². The van der Waals surface area contributed by atoms with Gasteiger partial charge in [-0.25, -0.2) is 14.5 Å². The summed E-state index contributed by atoms with van der Waals surface area (Å²) in [5.74, 6) is 0.505. The first-order valence-electron chi connectivity index (χ1n) is 8.86. The van der Waals surface area contributed by atoms with E-state index in [4.69, 9.17) is 0 Å². The van der Waals surface area contributed by atoms with Crippen molar-refractivity contribution >= 4 is 23.1 Å². The Morgan fingerprint density at radius 3 is 2.77 bits per heavy atom. The standard InChI is InChI=1S/C19H21N5OS/c25-19(22-15-8-3-4-9-16(15)24-13-20-12-21-24)23-18(14-6-1-2-7-14)17-10-5-11-26-17/h3-5,8-14,18H,1-2,6-7H2,(H2,22,23,25)/t18-/m0/s1. The van der Waals surface area contributed by atoms with Crippen molar-refractivity contribution in [2.75, 3.05) is 5.32 Å². The quantitative estimate of drug-likeness (QED) is 0.703. The Hall–Kier alpha value is -2.67. The van der Waals surface area contributed by atoms with E-state index in [-0.39, 0.29) is 12.1 Å². The van der Waals surface area contributed by atoms with E-state index in [1.165, 1.54) is 36.9 Å². The number of urea groups is 1. The lowest BCUT2D eigenvalue weighted by atomic mass is 9.97. The first-order valence-corrected chi connectivity index (χ1v) is 9.74. The van der Waals surface area contributed by atoms with Crippen LogP contribution in [0.25, 0.3) is 5.69 Å². The highest BCUT2D eigenvalue weighted by Crippen LogP contribution is 2.37. The average molecular weight is 367 g/mol. The lowest BCUT2D eigenvalue weighted by molar-refractivity contribution is 0.243. The summed E-state index contributed by atoms with van der Waals surface area (Å²) in [7, 11) is 0. The second kappa shape index (κ2) is 7.70. The number of rotatable bonds is 5. The molecule has 1 atom stereocenters. The van der Waals surface area contributed by atoms with Crippen LogP contribution < -0.4 is 10.6 Å². The number of hydrogen-bond acceptors (Lipinski definition) is 4. The Morgan fingerprint density at radius 1 is 1.19 bits per heavy atom. The van der Waals surface area contributed by atoms with Crippen LogP contribution in [0.4, 0.5) is 10.5 Å². The normalized spacial score (nSPS) is 15.7. The van der Waals surface area contributed by atoms with Crippen molar-refractivity contribution in [1.29, 1.82) is 0 Å². The van der Waals surface area contributed by atoms with Gasteiger partial charge in [-0.1, -0.05) is 31.0 Å². The number of aromatic nitrogens is 3. The Kier molecular flexibility index (Phi) is 4.97. The van der Waals surface area contributed by atoms with Crippen molar-refractivity contribution < 1.29 is 4.79 Å². The Balaban J connectivity index is 1.51. The largest absolute Gasteiger partial charge is 0.330 e. The van der Waals surface area contributed by atoms with Crippen molar-refractivity contribution in [3.63, 3.8) is 0 Å². The molecule has 4 rings (SSSR count). The fraction of sp³-hybridized carbons (Fsp3) is 0.316. The maximum atomic E-state index is 12.7. The first-order chi connectivity index (χ1) is 12.8. The van der Waals surface area contributed by atoms with E-state index in [0.717, 1.165) is 5.69 Å². The number of para-hydroxylation sites is 2. The zero-order valence-electron chi connectivity index (χ0n) is 14.3. The van der Waals surface area contributed by atoms with Crippen LogP contribution in [0, 0.1) is 5.92 Å². The number of thiophene rings is 1. The van der Waals surface area contributed by atoms with Crippen molar-refractivity contribution in [1.82, 2.24) is 20.1 Å². The molecule has 26 heavy (non-hydrogen) atoms. The van der Waals surface area contributed by atoms with Gasteiger partial charge in [-0.2, -0.15) is 5.10 Å². The van der Waals surface area contributed by atoms with E-state index in [1.807, 2.05) is 30.3 Å². The molecule has 7 heteroatoms. The number of benzene rings is 1. The Morgan fingerprint density at radius 2 is 2.04 bits per heavy atom. The number of amides is 2. The summed E-state index contributed by atoms with van der Waals surface area (Å²) in [6, 6.07) is 11.6. The summed E-state index contributed by atoms with van der Waals surface area (Å²) >= 11 is 1.70. The summed E-state index contributed by atoms with van der Waals surface area (Å²) in [5.41, 5.74) is 1.49. The van der Waals surface area contributed by atoms with Crippen molar-refractivity contribution in [2.24, 2.45) is 5.92 Å². The van der Waals surface area contributed by atoms with Gasteiger partial charge in [0.15, 0.2) is 0 Å². The number of hydrogen-bond donors (Lipinski definition) is 2. The first kappa shape index (κ1) is 16.8. The lowest BCUT2D eigenvalue weighted by Gasteiger charge is -2.24. The lowest BCUT2D eigenvalue weighted by Crippen LogP contribution is -2.35. The molecule has 2 aromatic heterocycles. The van der Waals surface area contributed by atoms with E-state index in [2.05, 4.69) is 32.2 Å². The molecule has 0 aliphatic heterocycles. The van der Waals surface area contributed by atoms with Gasteiger partial charge >= 0.3 is 6.03 Å². The second-order valence-electron chi connectivity index (χ2n) is 6.49. The van der Waals surface area contributed by atoms with E-state index in [1.54, 1.807) is 22.3 Å². The smallest absolute Gasteiger partial charge is 0.319 e. The van der Waals surface area contributed by atoms with Gasteiger partial charge in [0.2, 0.25) is 0 Å². The third kappa shape index (κ3) is 3.62. The molecule has 0 bridgehead atoms. The molecule has 0 unspecified atom stereocenters. The van der Waals surface area contributed by atoms with Gasteiger partial charge in [0.25, 0.3) is 0 Å². The molecule has 1 aliphatic rings. The van der Waals surface area contributed by atoms with E-state index < -0.39 is 0 Å². The molecular weight excluding hydrogens is 346 g/mol. The number of nitrogens with zero attached hydrogens (tertiary/aromatic N) is 3. The average Bonchev–Trinajstić information content (AvgIpc) is 3.44. The fourth-order valence-electron chi connectivity index (χ4n) is 3.59. The van der Waals surface area contributed by atoms with Gasteiger partial charge in [-0.3, -0.25) is 0 Å². The minimum absolute atomic E-state index is 0.0658. The molecule has 134 valence electrons. The number of nitrogens with one attached hydrogen (secondary N) is 2. The number of carbonyl (C=O) groups is 1. The van der Waals surface area contributed by atoms with Gasteiger partial charge in [0, 0.05) is 4.88 Å². The molecule has 2 amide bonds. The monoisotopic (exact) mass is 367 g/mol. The highest BCUT2D eigenvalue weighted by Gasteiger charge is 2.28. The van der Waals surface area contributed by atoms with Crippen molar-refractivity contribution in [2.45, 2.75) is 31.7 Å². The predicted molar refractivity (Wildman–Crippen MR) is 103 cm³/mol. The fourth-order valence-corrected chi connectivity index (χ4v) is 4.46. The molecule has 1 aromatic carbocycles. The zero-order valence-corrected chi connectivity index (χ0v) is 15.2. The van der Waals surface area contributed by atoms with E-state index in [0.29, 0.717) is 11.6 Å². The summed E-state index contributed by atoms with van der Waals surface area (Å²) in [6.45, 7) is 0. The molecule has 2 heterocycles. The molecule has 2 N–H and O–H groups in total. The molecule has 0 radical (unpaired) electrons. The van der Waals surface area contributed by atoms with Crippen LogP contribution in [0.3, 0.4) is 0 Å². The highest BCUT2D eigenvalue weighted by atomic mass is 32.1. The van der Waals surface area contributed by atoms with Crippen LogP contribution >= 0.6 is 11.3 Å². The van der Waals surface area contributed by atoms with Crippen molar-refractivity contribution in [3.05, 3.63) is 59.3 Å². The summed E-state index contributed by atoms with van der Waals surface area (Å²) in [6.07, 6.45) is 7.90. The van der Waals surface area contributed by atoms with Crippen LogP contribution in [-0.4, -0.2) is 20.8 Å². The molecular formula is C19H21N5OS. The SMILES string of the molecule is O=C(Nc1ccccc1-n1cncn1)N[C@H](c1cccs1)C1CCCC1. The van der Waals surface area contributed by atoms with Gasteiger partial charge in [-0.05, 0) is 42.3 Å². The maximum Gasteiger partial charge on any atom is 0.319 e. The zero-order chi connectivity index (χ0) is 17.8. The third-order valence-electron chi connectivity index (χ3n) is 4.83. The van der Waals surface area contributed by atoms with E-state index >= 15 is 0 Å². The molecule has 1 saturated carbocycles. The number of anilines is 1. The van der Waals surface area contributed by atoms with Gasteiger partial charge in [-0.15, -0.1) is 11.3 Å². The van der Waals surface area contributed by atoms with Crippen molar-refractivity contribution in [3.8, 4) is 5.69 Å². The molecule has 1 fully saturated rings. The maximum absolute atomic E-state index is 12.7. The predicted octanol–water partition coefficient (Wildman–Crippen LogP) is 4.38. The molecule has 0 saturated heterocycles. The molecule has 6 nitrogen and oxygen atoms in total. The van der Waals surface area contributed by atoms with E-state index in [9.17, 15) is 4.79 Å². The second-order valence-corrected chi connectivity index (χ2v) is 7.47.